The molecule has 4 N–H and O–H groups in total. The summed E-state index contributed by atoms with van der Waals surface area (Å²) in [4.78, 5) is 23.9. The number of non-ortho nitro benzene ring substituents is 1. The highest BCUT2D eigenvalue weighted by Crippen LogP contribution is 2.28. The number of nitro benzene ring substituents is 1. The molecule has 0 amide bonds. The Morgan fingerprint density at radius 1 is 0.909 bits per heavy atom. The standard InChI is InChI=1S/C23H18N6O3.ClH/c24-22(25-17-9-11-19(30)12-10-17)28-23-26-20(15-5-2-1-3-6-15)14-21(27-23)16-7-4-8-18(13-16)29(31)32;/h1-14,30H,(H3,24,25,26,27,28);1H. The second-order valence-corrected chi connectivity index (χ2v) is 6.78. The number of anilines is 1. The maximum absolute atomic E-state index is 11.2. The fourth-order valence-electron chi connectivity index (χ4n) is 3.00. The lowest BCUT2D eigenvalue weighted by Gasteiger charge is -2.08. The summed E-state index contributed by atoms with van der Waals surface area (Å²) < 4.78 is 0. The van der Waals surface area contributed by atoms with E-state index in [-0.39, 0.29) is 35.8 Å². The molecule has 0 saturated heterocycles. The molecule has 9 nitrogen and oxygen atoms in total. The molecule has 1 aromatic heterocycles. The Labute approximate surface area is 195 Å². The quantitative estimate of drug-likeness (QED) is 0.126. The normalized spacial score (nSPS) is 10.8. The van der Waals surface area contributed by atoms with Crippen molar-refractivity contribution in [2.24, 2.45) is 10.7 Å². The van der Waals surface area contributed by atoms with E-state index in [0.29, 0.717) is 22.6 Å². The van der Waals surface area contributed by atoms with Gasteiger partial charge in [0.15, 0.2) is 0 Å². The smallest absolute Gasteiger partial charge is 0.270 e. The Morgan fingerprint density at radius 3 is 2.21 bits per heavy atom. The van der Waals surface area contributed by atoms with Gasteiger partial charge in [0.2, 0.25) is 5.96 Å². The molecule has 0 unspecified atom stereocenters. The molecule has 0 fully saturated rings. The van der Waals surface area contributed by atoms with E-state index in [1.54, 1.807) is 30.3 Å². The van der Waals surface area contributed by atoms with Crippen LogP contribution in [-0.2, 0) is 0 Å². The number of phenols is 1. The largest absolute Gasteiger partial charge is 0.508 e. The third-order valence-electron chi connectivity index (χ3n) is 4.50. The highest BCUT2D eigenvalue weighted by Gasteiger charge is 2.12. The van der Waals surface area contributed by atoms with E-state index in [4.69, 9.17) is 5.73 Å². The van der Waals surface area contributed by atoms with Gasteiger partial charge in [-0.2, -0.15) is 4.99 Å². The number of nitro groups is 1. The molecular weight excluding hydrogens is 444 g/mol. The lowest BCUT2D eigenvalue weighted by Crippen LogP contribution is -2.22. The Morgan fingerprint density at radius 2 is 1.55 bits per heavy atom. The van der Waals surface area contributed by atoms with Crippen LogP contribution in [0.2, 0.25) is 0 Å². The fourth-order valence-corrected chi connectivity index (χ4v) is 3.00. The van der Waals surface area contributed by atoms with Crippen molar-refractivity contribution < 1.29 is 10.0 Å². The Hall–Kier alpha value is -4.50. The van der Waals surface area contributed by atoms with Crippen LogP contribution in [0.3, 0.4) is 0 Å². The van der Waals surface area contributed by atoms with Crippen LogP contribution in [-0.4, -0.2) is 26.0 Å². The van der Waals surface area contributed by atoms with E-state index in [1.165, 1.54) is 24.3 Å². The van der Waals surface area contributed by atoms with Crippen molar-refractivity contribution in [1.29, 1.82) is 0 Å². The Balaban J connectivity index is 0.00000306. The van der Waals surface area contributed by atoms with Crippen molar-refractivity contribution in [1.82, 2.24) is 9.97 Å². The molecule has 0 atom stereocenters. The molecule has 0 spiro atoms. The predicted molar refractivity (Wildman–Crippen MR) is 130 cm³/mol. The van der Waals surface area contributed by atoms with Gasteiger partial charge in [-0.25, -0.2) is 9.97 Å². The van der Waals surface area contributed by atoms with Crippen LogP contribution in [0.4, 0.5) is 17.3 Å². The maximum Gasteiger partial charge on any atom is 0.270 e. The monoisotopic (exact) mass is 462 g/mol. The van der Waals surface area contributed by atoms with Crippen molar-refractivity contribution in [3.8, 4) is 28.3 Å². The van der Waals surface area contributed by atoms with Gasteiger partial charge in [-0.3, -0.25) is 10.1 Å². The minimum absolute atomic E-state index is 0. The number of hydrogen-bond donors (Lipinski definition) is 3. The van der Waals surface area contributed by atoms with E-state index >= 15 is 0 Å². The molecule has 0 aliphatic rings. The molecule has 4 rings (SSSR count). The van der Waals surface area contributed by atoms with Crippen LogP contribution >= 0.6 is 12.4 Å². The summed E-state index contributed by atoms with van der Waals surface area (Å²) in [6.07, 6.45) is 0. The van der Waals surface area contributed by atoms with Crippen molar-refractivity contribution in [2.75, 3.05) is 5.32 Å². The molecule has 10 heteroatoms. The van der Waals surface area contributed by atoms with Crippen LogP contribution < -0.4 is 11.1 Å². The number of nitrogens with zero attached hydrogens (tertiary/aromatic N) is 4. The molecule has 166 valence electrons. The van der Waals surface area contributed by atoms with Crippen LogP contribution in [0.25, 0.3) is 22.5 Å². The number of aromatic nitrogens is 2. The summed E-state index contributed by atoms with van der Waals surface area (Å²) in [7, 11) is 0. The lowest BCUT2D eigenvalue weighted by molar-refractivity contribution is -0.384. The van der Waals surface area contributed by atoms with E-state index in [2.05, 4.69) is 20.3 Å². The molecule has 0 bridgehead atoms. The Bertz CT molecular complexity index is 1300. The van der Waals surface area contributed by atoms with Gasteiger partial charge in [0.1, 0.15) is 5.75 Å². The van der Waals surface area contributed by atoms with E-state index in [9.17, 15) is 15.2 Å². The molecule has 3 aromatic carbocycles. The first kappa shape index (κ1) is 23.2. The summed E-state index contributed by atoms with van der Waals surface area (Å²) in [5, 5.41) is 23.5. The van der Waals surface area contributed by atoms with Gasteiger partial charge >= 0.3 is 0 Å². The number of guanidine groups is 1. The van der Waals surface area contributed by atoms with Crippen molar-refractivity contribution >= 4 is 35.7 Å². The SMILES string of the molecule is Cl.NC(=Nc1nc(-c2ccccc2)cc(-c2cccc([N+](=O)[O-])c2)n1)Nc1ccc(O)cc1. The lowest BCUT2D eigenvalue weighted by atomic mass is 10.1. The first-order chi connectivity index (χ1) is 15.5. The summed E-state index contributed by atoms with van der Waals surface area (Å²) in [5.41, 5.74) is 9.07. The molecule has 33 heavy (non-hydrogen) atoms. The van der Waals surface area contributed by atoms with Gasteiger partial charge in [0, 0.05) is 28.9 Å². The Kier molecular flexibility index (Phi) is 7.17. The number of rotatable bonds is 5. The van der Waals surface area contributed by atoms with Crippen molar-refractivity contribution in [3.63, 3.8) is 0 Å². The average molecular weight is 463 g/mol. The van der Waals surface area contributed by atoms with Crippen molar-refractivity contribution in [2.45, 2.75) is 0 Å². The van der Waals surface area contributed by atoms with Crippen molar-refractivity contribution in [3.05, 3.63) is 95.0 Å². The number of hydrogen-bond acceptors (Lipinski definition) is 6. The minimum atomic E-state index is -0.457. The number of aromatic hydroxyl groups is 1. The molecular formula is C23H19ClN6O3. The van der Waals surface area contributed by atoms with Crippen LogP contribution in [0.5, 0.6) is 5.75 Å². The summed E-state index contributed by atoms with van der Waals surface area (Å²) in [6.45, 7) is 0. The second-order valence-electron chi connectivity index (χ2n) is 6.78. The summed E-state index contributed by atoms with van der Waals surface area (Å²) in [6, 6.07) is 23.7. The number of benzene rings is 3. The fraction of sp³-hybridized carbons (Fsp3) is 0. The predicted octanol–water partition coefficient (Wildman–Crippen LogP) is 4.90. The molecule has 0 aliphatic heterocycles. The topological polar surface area (TPSA) is 140 Å². The van der Waals surface area contributed by atoms with Gasteiger partial charge in [0.25, 0.3) is 11.6 Å². The molecule has 0 saturated carbocycles. The maximum atomic E-state index is 11.2. The van der Waals surface area contributed by atoms with Gasteiger partial charge in [-0.15, -0.1) is 12.4 Å². The van der Waals surface area contributed by atoms with Crippen LogP contribution in [0.15, 0.2) is 89.9 Å². The number of aliphatic imine (C=N–C) groups is 1. The third kappa shape index (κ3) is 5.81. The number of phenolic OH excluding ortho intramolecular Hbond substituents is 1. The molecule has 0 radical (unpaired) electrons. The zero-order valence-electron chi connectivity index (χ0n) is 17.1. The van der Waals surface area contributed by atoms with E-state index < -0.39 is 4.92 Å². The van der Waals surface area contributed by atoms with Crippen LogP contribution in [0, 0.1) is 10.1 Å². The zero-order chi connectivity index (χ0) is 22.5. The number of nitrogens with one attached hydrogen (secondary N) is 1. The summed E-state index contributed by atoms with van der Waals surface area (Å²) >= 11 is 0. The summed E-state index contributed by atoms with van der Waals surface area (Å²) in [5.74, 6) is 0.272. The highest BCUT2D eigenvalue weighted by molar-refractivity contribution is 5.93. The number of halogens is 1. The molecule has 4 aromatic rings. The number of nitrogens with two attached hydrogens (primary N) is 1. The minimum Gasteiger partial charge on any atom is -0.508 e. The van der Waals surface area contributed by atoms with Gasteiger partial charge in [-0.1, -0.05) is 42.5 Å². The van der Waals surface area contributed by atoms with Crippen LogP contribution in [0.1, 0.15) is 0 Å². The second kappa shape index (κ2) is 10.2. The van der Waals surface area contributed by atoms with E-state index in [1.807, 2.05) is 30.3 Å². The van der Waals surface area contributed by atoms with Gasteiger partial charge in [-0.05, 0) is 30.3 Å². The first-order valence-electron chi connectivity index (χ1n) is 9.57. The first-order valence-corrected chi connectivity index (χ1v) is 9.57. The van der Waals surface area contributed by atoms with E-state index in [0.717, 1.165) is 5.56 Å². The highest BCUT2D eigenvalue weighted by atomic mass is 35.5. The molecule has 1 heterocycles. The third-order valence-corrected chi connectivity index (χ3v) is 4.50. The zero-order valence-corrected chi connectivity index (χ0v) is 17.9. The van der Waals surface area contributed by atoms with Gasteiger partial charge < -0.3 is 16.2 Å². The molecule has 0 aliphatic carbocycles. The van der Waals surface area contributed by atoms with Gasteiger partial charge in [0.05, 0.1) is 16.3 Å². The average Bonchev–Trinajstić information content (AvgIpc) is 2.81.